The molecule has 8 heteroatoms. The van der Waals surface area contributed by atoms with E-state index in [0.717, 1.165) is 56.8 Å². The number of hydrogen-bond acceptors (Lipinski definition) is 7. The lowest BCUT2D eigenvalue weighted by Gasteiger charge is -2.31. The Morgan fingerprint density at radius 2 is 1.78 bits per heavy atom. The van der Waals surface area contributed by atoms with Gasteiger partial charge in [0.2, 0.25) is 5.91 Å². The van der Waals surface area contributed by atoms with Crippen LogP contribution in [0.5, 0.6) is 5.75 Å². The highest BCUT2D eigenvalue weighted by Crippen LogP contribution is 2.32. The number of Topliss-reactive ketones (excluding diaryl/α,β-unsaturated/α-hetero) is 1. The molecular weight excluding hydrogens is 468 g/mol. The predicted molar refractivity (Wildman–Crippen MR) is 141 cm³/mol. The van der Waals surface area contributed by atoms with Gasteiger partial charge in [0.05, 0.1) is 6.61 Å². The maximum atomic E-state index is 12.8. The maximum Gasteiger partial charge on any atom is 0.324 e. The molecule has 0 spiro atoms. The third-order valence-electron chi connectivity index (χ3n) is 7.94. The summed E-state index contributed by atoms with van der Waals surface area (Å²) in [4.78, 5) is 32.9. The minimum Gasteiger partial charge on any atom is -0.493 e. The predicted octanol–water partition coefficient (Wildman–Crippen LogP) is 4.86. The molecule has 0 radical (unpaired) electrons. The van der Waals surface area contributed by atoms with Gasteiger partial charge in [-0.15, -0.1) is 0 Å². The molecule has 2 aliphatic heterocycles. The molecular formula is C29H38N4O4. The van der Waals surface area contributed by atoms with E-state index < -0.39 is 0 Å². The van der Waals surface area contributed by atoms with Crippen LogP contribution in [0, 0.1) is 11.8 Å². The molecule has 2 fully saturated rings. The number of rotatable bonds is 7. The Morgan fingerprint density at radius 1 is 1.05 bits per heavy atom. The molecule has 0 N–H and O–H groups in total. The highest BCUT2D eigenvalue weighted by Gasteiger charge is 2.29. The van der Waals surface area contributed by atoms with E-state index in [9.17, 15) is 9.59 Å². The average Bonchev–Trinajstić information content (AvgIpc) is 3.44. The Labute approximate surface area is 219 Å². The summed E-state index contributed by atoms with van der Waals surface area (Å²) in [7, 11) is 0. The van der Waals surface area contributed by atoms with E-state index in [1.165, 1.54) is 11.1 Å². The van der Waals surface area contributed by atoms with Crippen LogP contribution in [-0.2, 0) is 9.59 Å². The van der Waals surface area contributed by atoms with E-state index >= 15 is 0 Å². The van der Waals surface area contributed by atoms with Gasteiger partial charge in [0, 0.05) is 50.9 Å². The van der Waals surface area contributed by atoms with Crippen LogP contribution in [0.3, 0.4) is 0 Å². The molecule has 0 saturated carbocycles. The van der Waals surface area contributed by atoms with Gasteiger partial charge in [0.15, 0.2) is 5.82 Å². The van der Waals surface area contributed by atoms with Crippen molar-refractivity contribution in [1.82, 2.24) is 15.0 Å². The first kappa shape index (κ1) is 25.5. The van der Waals surface area contributed by atoms with Crippen molar-refractivity contribution in [3.8, 4) is 5.75 Å². The van der Waals surface area contributed by atoms with Crippen molar-refractivity contribution in [2.24, 2.45) is 11.8 Å². The van der Waals surface area contributed by atoms with Crippen LogP contribution in [0.2, 0.25) is 0 Å². The van der Waals surface area contributed by atoms with Gasteiger partial charge in [-0.3, -0.25) is 9.59 Å². The number of aromatic nitrogens is 2. The van der Waals surface area contributed by atoms with E-state index in [4.69, 9.17) is 9.26 Å². The fraction of sp³-hybridized carbons (Fsp3) is 0.586. The number of allylic oxidation sites excluding steroid dienone is 2. The van der Waals surface area contributed by atoms with Crippen LogP contribution in [0.15, 0.2) is 34.9 Å². The first-order valence-corrected chi connectivity index (χ1v) is 13.8. The zero-order chi connectivity index (χ0) is 25.8. The summed E-state index contributed by atoms with van der Waals surface area (Å²) in [5.41, 5.74) is 2.51. The van der Waals surface area contributed by atoms with Crippen molar-refractivity contribution in [2.75, 3.05) is 37.7 Å². The number of anilines is 1. The van der Waals surface area contributed by atoms with Gasteiger partial charge in [-0.2, -0.15) is 4.98 Å². The molecule has 8 nitrogen and oxygen atoms in total. The quantitative estimate of drug-likeness (QED) is 0.530. The second-order valence-electron chi connectivity index (χ2n) is 10.9. The number of ether oxygens (including phenoxy) is 1. The summed E-state index contributed by atoms with van der Waals surface area (Å²) in [6.07, 6.45) is 7.86. The van der Waals surface area contributed by atoms with E-state index in [0.29, 0.717) is 44.5 Å². The number of nitrogens with zero attached hydrogens (tertiary/aromatic N) is 4. The van der Waals surface area contributed by atoms with Crippen molar-refractivity contribution < 1.29 is 18.8 Å². The van der Waals surface area contributed by atoms with Gasteiger partial charge >= 0.3 is 6.01 Å². The van der Waals surface area contributed by atoms with Gasteiger partial charge < -0.3 is 19.1 Å². The number of ketones is 1. The Hall–Kier alpha value is -3.16. The SMILES string of the molecule is CC(C)c1noc(N2CCC(COc3ccc(C4=CCC(C(=O)N5CCC(=O)CC5)CC4)cc3)CC2)n1. The van der Waals surface area contributed by atoms with Gasteiger partial charge in [-0.1, -0.05) is 37.2 Å². The number of likely N-dealkylation sites (tertiary alicyclic amines) is 1. The molecule has 0 bridgehead atoms. The number of hydrogen-bond donors (Lipinski definition) is 0. The molecule has 3 heterocycles. The monoisotopic (exact) mass is 506 g/mol. The molecule has 198 valence electrons. The third kappa shape index (κ3) is 6.22. The Balaban J connectivity index is 1.06. The second-order valence-corrected chi connectivity index (χ2v) is 10.9. The van der Waals surface area contributed by atoms with Gasteiger partial charge in [-0.25, -0.2) is 0 Å². The molecule has 3 aliphatic rings. The van der Waals surface area contributed by atoms with Crippen LogP contribution in [0.1, 0.15) is 76.1 Å². The third-order valence-corrected chi connectivity index (χ3v) is 7.94. The van der Waals surface area contributed by atoms with Crippen LogP contribution < -0.4 is 9.64 Å². The molecule has 1 amide bonds. The average molecular weight is 507 g/mol. The molecule has 5 rings (SSSR count). The summed E-state index contributed by atoms with van der Waals surface area (Å²) in [5.74, 6) is 2.97. The normalized spacial score (nSPS) is 21.3. The summed E-state index contributed by atoms with van der Waals surface area (Å²) in [6, 6.07) is 9.00. The highest BCUT2D eigenvalue weighted by atomic mass is 16.5. The molecule has 2 aromatic rings. The number of carbonyl (C=O) groups is 2. The molecule has 1 aliphatic carbocycles. The fourth-order valence-corrected chi connectivity index (χ4v) is 5.41. The van der Waals surface area contributed by atoms with Crippen LogP contribution in [0.25, 0.3) is 5.57 Å². The summed E-state index contributed by atoms with van der Waals surface area (Å²) >= 11 is 0. The minimum absolute atomic E-state index is 0.0445. The summed E-state index contributed by atoms with van der Waals surface area (Å²) < 4.78 is 11.6. The minimum atomic E-state index is 0.0445. The standard InChI is InChI=1S/C29H38N4O4/c1-20(2)27-30-29(37-31-27)33-15-11-21(12-16-33)19-36-26-9-7-23(8-10-26)22-3-5-24(6-4-22)28(35)32-17-13-25(34)14-18-32/h3,7-10,20-21,24H,4-6,11-19H2,1-2H3. The van der Waals surface area contributed by atoms with E-state index in [-0.39, 0.29) is 23.5 Å². The van der Waals surface area contributed by atoms with Crippen LogP contribution in [-0.4, -0.2) is 59.5 Å². The van der Waals surface area contributed by atoms with E-state index in [2.05, 4.69) is 59.2 Å². The lowest BCUT2D eigenvalue weighted by atomic mass is 9.85. The Morgan fingerprint density at radius 3 is 2.41 bits per heavy atom. The van der Waals surface area contributed by atoms with E-state index in [1.54, 1.807) is 0 Å². The first-order chi connectivity index (χ1) is 18.0. The van der Waals surface area contributed by atoms with Crippen molar-refractivity contribution in [3.05, 3.63) is 41.7 Å². The lowest BCUT2D eigenvalue weighted by Crippen LogP contribution is -2.42. The smallest absolute Gasteiger partial charge is 0.324 e. The number of amides is 1. The Bertz CT molecular complexity index is 1110. The number of carbonyl (C=O) groups excluding carboxylic acids is 2. The molecule has 37 heavy (non-hydrogen) atoms. The first-order valence-electron chi connectivity index (χ1n) is 13.8. The zero-order valence-corrected chi connectivity index (χ0v) is 22.0. The Kier molecular flexibility index (Phi) is 7.91. The fourth-order valence-electron chi connectivity index (χ4n) is 5.41. The van der Waals surface area contributed by atoms with Crippen molar-refractivity contribution in [3.63, 3.8) is 0 Å². The zero-order valence-electron chi connectivity index (χ0n) is 22.0. The highest BCUT2D eigenvalue weighted by molar-refractivity contribution is 5.85. The lowest BCUT2D eigenvalue weighted by molar-refractivity contribution is -0.138. The maximum absolute atomic E-state index is 12.8. The topological polar surface area (TPSA) is 88.8 Å². The van der Waals surface area contributed by atoms with Crippen molar-refractivity contribution in [1.29, 1.82) is 0 Å². The largest absolute Gasteiger partial charge is 0.493 e. The van der Waals surface area contributed by atoms with Gasteiger partial charge in [-0.05, 0) is 61.3 Å². The number of piperidine rings is 2. The molecule has 1 aromatic carbocycles. The van der Waals surface area contributed by atoms with Crippen molar-refractivity contribution in [2.45, 2.75) is 64.7 Å². The number of benzene rings is 1. The molecule has 1 atom stereocenters. The van der Waals surface area contributed by atoms with Crippen LogP contribution in [0.4, 0.5) is 6.01 Å². The van der Waals surface area contributed by atoms with Gasteiger partial charge in [0.25, 0.3) is 0 Å². The molecule has 1 unspecified atom stereocenters. The second kappa shape index (κ2) is 11.5. The van der Waals surface area contributed by atoms with Crippen LogP contribution >= 0.6 is 0 Å². The summed E-state index contributed by atoms with van der Waals surface area (Å²) in [5, 5.41) is 4.08. The molecule has 1 aromatic heterocycles. The van der Waals surface area contributed by atoms with Crippen molar-refractivity contribution >= 4 is 23.3 Å². The van der Waals surface area contributed by atoms with E-state index in [1.807, 2.05) is 4.90 Å². The molecule has 2 saturated heterocycles. The van der Waals surface area contributed by atoms with Gasteiger partial charge in [0.1, 0.15) is 11.5 Å². The summed E-state index contributed by atoms with van der Waals surface area (Å²) in [6.45, 7) is 7.82.